The van der Waals surface area contributed by atoms with Crippen LogP contribution >= 0.6 is 0 Å². The van der Waals surface area contributed by atoms with Crippen LogP contribution in [0.25, 0.3) is 0 Å². The number of carbonyl (C=O) groups is 2. The van der Waals surface area contributed by atoms with E-state index in [1.165, 1.54) is 6.92 Å². The Hall–Kier alpha value is -1.10. The first-order valence-corrected chi connectivity index (χ1v) is 6.86. The van der Waals surface area contributed by atoms with Gasteiger partial charge in [0.1, 0.15) is 0 Å². The van der Waals surface area contributed by atoms with Crippen LogP contribution in [0.1, 0.15) is 41.0 Å². The van der Waals surface area contributed by atoms with Gasteiger partial charge in [-0.05, 0) is 12.3 Å². The lowest BCUT2D eigenvalue weighted by molar-refractivity contribution is -0.247. The normalized spacial score (nSPS) is 32.5. The fraction of sp³-hybridized carbons (Fsp3) is 0.857. The molecule has 1 rings (SSSR count). The van der Waals surface area contributed by atoms with Gasteiger partial charge in [0.2, 0.25) is 6.29 Å². The first-order valence-electron chi connectivity index (χ1n) is 6.86. The van der Waals surface area contributed by atoms with Crippen molar-refractivity contribution in [1.29, 1.82) is 0 Å². The third-order valence-electron chi connectivity index (χ3n) is 3.76. The molecule has 19 heavy (non-hydrogen) atoms. The van der Waals surface area contributed by atoms with Gasteiger partial charge >= 0.3 is 11.9 Å². The highest BCUT2D eigenvalue weighted by Crippen LogP contribution is 2.29. The smallest absolute Gasteiger partial charge is 0.311 e. The van der Waals surface area contributed by atoms with Crippen LogP contribution in [0.2, 0.25) is 0 Å². The van der Waals surface area contributed by atoms with E-state index in [1.54, 1.807) is 6.92 Å². The molecule has 1 saturated heterocycles. The molecule has 0 radical (unpaired) electrons. The predicted molar refractivity (Wildman–Crippen MR) is 69.2 cm³/mol. The van der Waals surface area contributed by atoms with E-state index in [0.717, 1.165) is 0 Å². The number of ether oxygens (including phenoxy) is 3. The highest BCUT2D eigenvalue weighted by atomic mass is 16.7. The average molecular weight is 272 g/mol. The summed E-state index contributed by atoms with van der Waals surface area (Å²) < 4.78 is 16.1. The fourth-order valence-electron chi connectivity index (χ4n) is 1.92. The zero-order valence-electron chi connectivity index (χ0n) is 12.3. The SMILES string of the molecule is CCC(C)C(=O)OC1OCC(C)C(C)C1OC(C)=O. The summed E-state index contributed by atoms with van der Waals surface area (Å²) in [4.78, 5) is 23.0. The van der Waals surface area contributed by atoms with Gasteiger partial charge < -0.3 is 14.2 Å². The molecule has 1 aliphatic rings. The molecule has 0 spiro atoms. The van der Waals surface area contributed by atoms with Crippen molar-refractivity contribution in [2.45, 2.75) is 53.4 Å². The standard InChI is InChI=1S/C14H24O5/c1-6-8(2)13(16)19-14-12(18-11(5)15)10(4)9(3)7-17-14/h8-10,12,14H,6-7H2,1-5H3. The lowest BCUT2D eigenvalue weighted by Gasteiger charge is -2.38. The minimum absolute atomic E-state index is 0.0902. The Labute approximate surface area is 114 Å². The van der Waals surface area contributed by atoms with E-state index in [2.05, 4.69) is 0 Å². The first-order chi connectivity index (χ1) is 8.86. The van der Waals surface area contributed by atoms with Gasteiger partial charge in [-0.15, -0.1) is 0 Å². The van der Waals surface area contributed by atoms with E-state index in [-0.39, 0.29) is 29.7 Å². The topological polar surface area (TPSA) is 61.8 Å². The van der Waals surface area contributed by atoms with Crippen LogP contribution < -0.4 is 0 Å². The van der Waals surface area contributed by atoms with Gasteiger partial charge in [0.05, 0.1) is 12.5 Å². The molecule has 5 heteroatoms. The third kappa shape index (κ3) is 4.20. The monoisotopic (exact) mass is 272 g/mol. The number of hydrogen-bond acceptors (Lipinski definition) is 5. The summed E-state index contributed by atoms with van der Waals surface area (Å²) in [6.07, 6.45) is -0.624. The van der Waals surface area contributed by atoms with E-state index >= 15 is 0 Å². The summed E-state index contributed by atoms with van der Waals surface area (Å²) in [7, 11) is 0. The second-order valence-electron chi connectivity index (χ2n) is 5.36. The molecule has 1 heterocycles. The Morgan fingerprint density at radius 3 is 2.47 bits per heavy atom. The van der Waals surface area contributed by atoms with E-state index in [1.807, 2.05) is 20.8 Å². The summed E-state index contributed by atoms with van der Waals surface area (Å²) in [6, 6.07) is 0. The van der Waals surface area contributed by atoms with Gasteiger partial charge in [-0.3, -0.25) is 9.59 Å². The number of hydrogen-bond donors (Lipinski definition) is 0. The molecular weight excluding hydrogens is 248 g/mol. The molecular formula is C14H24O5. The van der Waals surface area contributed by atoms with Crippen molar-refractivity contribution in [2.75, 3.05) is 6.61 Å². The molecule has 0 aromatic rings. The Balaban J connectivity index is 2.72. The summed E-state index contributed by atoms with van der Waals surface area (Å²) >= 11 is 0. The van der Waals surface area contributed by atoms with Crippen molar-refractivity contribution >= 4 is 11.9 Å². The Morgan fingerprint density at radius 2 is 1.95 bits per heavy atom. The quantitative estimate of drug-likeness (QED) is 0.734. The average Bonchev–Trinajstić information content (AvgIpc) is 2.36. The second-order valence-corrected chi connectivity index (χ2v) is 5.36. The van der Waals surface area contributed by atoms with E-state index in [0.29, 0.717) is 13.0 Å². The molecule has 0 amide bonds. The molecule has 5 nitrogen and oxygen atoms in total. The molecule has 0 bridgehead atoms. The molecule has 1 aliphatic heterocycles. The van der Waals surface area contributed by atoms with E-state index in [9.17, 15) is 9.59 Å². The van der Waals surface area contributed by atoms with E-state index in [4.69, 9.17) is 14.2 Å². The van der Waals surface area contributed by atoms with Crippen LogP contribution in [-0.4, -0.2) is 30.9 Å². The minimum atomic E-state index is -0.795. The Bertz CT molecular complexity index is 328. The number of rotatable bonds is 4. The molecule has 0 aliphatic carbocycles. The zero-order chi connectivity index (χ0) is 14.6. The lowest BCUT2D eigenvalue weighted by atomic mass is 9.88. The van der Waals surface area contributed by atoms with Crippen LogP contribution in [0.4, 0.5) is 0 Å². The number of esters is 2. The second kappa shape index (κ2) is 6.89. The number of carbonyl (C=O) groups excluding carboxylic acids is 2. The van der Waals surface area contributed by atoms with Crippen molar-refractivity contribution < 1.29 is 23.8 Å². The third-order valence-corrected chi connectivity index (χ3v) is 3.76. The van der Waals surface area contributed by atoms with Gasteiger partial charge in [0.15, 0.2) is 6.10 Å². The molecule has 5 unspecified atom stereocenters. The first kappa shape index (κ1) is 16.0. The van der Waals surface area contributed by atoms with Crippen molar-refractivity contribution in [3.05, 3.63) is 0 Å². The highest BCUT2D eigenvalue weighted by molar-refractivity contribution is 5.72. The summed E-state index contributed by atoms with van der Waals surface area (Å²) in [6.45, 7) is 9.57. The molecule has 0 aromatic heterocycles. The molecule has 0 saturated carbocycles. The maximum Gasteiger partial charge on any atom is 0.311 e. The predicted octanol–water partition coefficient (Wildman–Crippen LogP) is 2.14. The fourth-order valence-corrected chi connectivity index (χ4v) is 1.92. The van der Waals surface area contributed by atoms with Crippen LogP contribution in [0, 0.1) is 17.8 Å². The molecule has 1 fully saturated rings. The zero-order valence-corrected chi connectivity index (χ0v) is 12.3. The maximum absolute atomic E-state index is 11.8. The Morgan fingerprint density at radius 1 is 1.32 bits per heavy atom. The van der Waals surface area contributed by atoms with E-state index < -0.39 is 12.4 Å². The van der Waals surface area contributed by atoms with Crippen molar-refractivity contribution in [2.24, 2.45) is 17.8 Å². The van der Waals surface area contributed by atoms with Gasteiger partial charge in [-0.2, -0.15) is 0 Å². The van der Waals surface area contributed by atoms with Crippen molar-refractivity contribution in [1.82, 2.24) is 0 Å². The summed E-state index contributed by atoms with van der Waals surface area (Å²) in [5.41, 5.74) is 0. The maximum atomic E-state index is 11.8. The van der Waals surface area contributed by atoms with Crippen LogP contribution in [0.5, 0.6) is 0 Å². The van der Waals surface area contributed by atoms with Crippen molar-refractivity contribution in [3.63, 3.8) is 0 Å². The van der Waals surface area contributed by atoms with Crippen molar-refractivity contribution in [3.8, 4) is 0 Å². The molecule has 0 N–H and O–H groups in total. The molecule has 5 atom stereocenters. The Kier molecular flexibility index (Phi) is 5.79. The van der Waals surface area contributed by atoms with Crippen LogP contribution in [0.15, 0.2) is 0 Å². The molecule has 0 aromatic carbocycles. The van der Waals surface area contributed by atoms with Gasteiger partial charge in [-0.1, -0.05) is 27.7 Å². The summed E-state index contributed by atoms with van der Waals surface area (Å²) in [5, 5.41) is 0. The minimum Gasteiger partial charge on any atom is -0.456 e. The lowest BCUT2D eigenvalue weighted by Crippen LogP contribution is -2.49. The van der Waals surface area contributed by atoms with Gasteiger partial charge in [0.25, 0.3) is 0 Å². The van der Waals surface area contributed by atoms with Crippen LogP contribution in [-0.2, 0) is 23.8 Å². The van der Waals surface area contributed by atoms with Gasteiger partial charge in [-0.25, -0.2) is 0 Å². The largest absolute Gasteiger partial charge is 0.456 e. The highest BCUT2D eigenvalue weighted by Gasteiger charge is 2.40. The van der Waals surface area contributed by atoms with Gasteiger partial charge in [0, 0.05) is 12.8 Å². The van der Waals surface area contributed by atoms with Crippen LogP contribution in [0.3, 0.4) is 0 Å². The molecule has 110 valence electrons. The summed E-state index contributed by atoms with van der Waals surface area (Å²) in [5.74, 6) is -0.544.